The predicted octanol–water partition coefficient (Wildman–Crippen LogP) is 4.82. The van der Waals surface area contributed by atoms with Crippen LogP contribution < -0.4 is 14.8 Å². The number of hydrogen-bond donors (Lipinski definition) is 1. The van der Waals surface area contributed by atoms with Crippen molar-refractivity contribution in [3.8, 4) is 11.5 Å². The van der Waals surface area contributed by atoms with Gasteiger partial charge in [0.15, 0.2) is 11.5 Å². The highest BCUT2D eigenvalue weighted by molar-refractivity contribution is 6.31. The Balaban J connectivity index is 1.79. The lowest BCUT2D eigenvalue weighted by atomic mass is 9.78. The first-order chi connectivity index (χ1) is 16.4. The molecule has 34 heavy (non-hydrogen) atoms. The molecular weight excluding hydrogens is 458 g/mol. The number of benzene rings is 2. The van der Waals surface area contributed by atoms with Crippen LogP contribution in [0.3, 0.4) is 0 Å². The summed E-state index contributed by atoms with van der Waals surface area (Å²) in [5.41, 5.74) is 3.41. The van der Waals surface area contributed by atoms with Crippen molar-refractivity contribution in [2.75, 3.05) is 20.8 Å². The van der Waals surface area contributed by atoms with Crippen LogP contribution in [0.15, 0.2) is 65.0 Å². The summed E-state index contributed by atoms with van der Waals surface area (Å²) in [5, 5.41) is 3.72. The summed E-state index contributed by atoms with van der Waals surface area (Å²) in [6.07, 6.45) is -0.146. The molecule has 0 aromatic heterocycles. The predicted molar refractivity (Wildman–Crippen MR) is 127 cm³/mol. The number of hydrogen-bond acceptors (Lipinski definition) is 7. The zero-order chi connectivity index (χ0) is 24.4. The first-order valence-electron chi connectivity index (χ1n) is 10.9. The number of halogens is 1. The first-order valence-corrected chi connectivity index (χ1v) is 11.3. The van der Waals surface area contributed by atoms with Gasteiger partial charge in [-0.15, -0.1) is 0 Å². The SMILES string of the molecule is CCOC(=O)C1=C(C)NC2=C(C(=O)OC(c3ccc(OC)c(OC)c3)C2)C1c1ccccc1Cl. The van der Waals surface area contributed by atoms with Gasteiger partial charge in [0.05, 0.1) is 37.9 Å². The topological polar surface area (TPSA) is 83.1 Å². The molecular formula is C26H26ClNO6. The normalized spacial score (nSPS) is 19.7. The van der Waals surface area contributed by atoms with E-state index in [1.165, 1.54) is 0 Å². The van der Waals surface area contributed by atoms with Crippen molar-refractivity contribution in [2.45, 2.75) is 32.3 Å². The molecule has 0 spiro atoms. The molecule has 2 unspecified atom stereocenters. The standard InChI is InChI=1S/C26H26ClNO6/c1-5-33-25(29)22-14(2)28-18-13-20(15-10-11-19(31-3)21(12-15)32-4)34-26(30)24(18)23(22)16-8-6-7-9-17(16)27/h6-12,20,23,28H,5,13H2,1-4H3. The smallest absolute Gasteiger partial charge is 0.337 e. The molecule has 2 heterocycles. The van der Waals surface area contributed by atoms with Crippen molar-refractivity contribution < 1.29 is 28.5 Å². The molecule has 0 aliphatic carbocycles. The molecule has 2 aliphatic heterocycles. The molecule has 0 fully saturated rings. The second-order valence-electron chi connectivity index (χ2n) is 7.94. The van der Waals surface area contributed by atoms with Crippen LogP contribution in [0.1, 0.15) is 43.4 Å². The number of esters is 2. The van der Waals surface area contributed by atoms with Gasteiger partial charge in [-0.25, -0.2) is 9.59 Å². The molecule has 0 radical (unpaired) electrons. The van der Waals surface area contributed by atoms with E-state index in [4.69, 9.17) is 30.5 Å². The van der Waals surface area contributed by atoms with Gasteiger partial charge in [0, 0.05) is 22.8 Å². The fourth-order valence-corrected chi connectivity index (χ4v) is 4.70. The van der Waals surface area contributed by atoms with E-state index in [0.29, 0.717) is 51.0 Å². The minimum Gasteiger partial charge on any atom is -0.493 e. The van der Waals surface area contributed by atoms with Gasteiger partial charge in [-0.05, 0) is 43.2 Å². The Morgan fingerprint density at radius 1 is 1.15 bits per heavy atom. The molecule has 0 amide bonds. The summed E-state index contributed by atoms with van der Waals surface area (Å²) in [6.45, 7) is 3.75. The Morgan fingerprint density at radius 3 is 2.56 bits per heavy atom. The monoisotopic (exact) mass is 483 g/mol. The number of dihydropyridines is 1. The van der Waals surface area contributed by atoms with E-state index in [1.54, 1.807) is 52.3 Å². The summed E-state index contributed by atoms with van der Waals surface area (Å²) >= 11 is 6.52. The van der Waals surface area contributed by atoms with Crippen molar-refractivity contribution in [2.24, 2.45) is 0 Å². The molecule has 7 nitrogen and oxygen atoms in total. The Bertz CT molecular complexity index is 1200. The van der Waals surface area contributed by atoms with Crippen LogP contribution in [0.25, 0.3) is 0 Å². The van der Waals surface area contributed by atoms with E-state index in [0.717, 1.165) is 5.56 Å². The number of ether oxygens (including phenoxy) is 4. The van der Waals surface area contributed by atoms with Crippen LogP contribution in [0.5, 0.6) is 11.5 Å². The largest absolute Gasteiger partial charge is 0.493 e. The molecule has 0 saturated carbocycles. The number of allylic oxidation sites excluding steroid dienone is 1. The molecule has 4 rings (SSSR count). The second kappa shape index (κ2) is 9.81. The number of methoxy groups -OCH3 is 2. The molecule has 2 aromatic carbocycles. The van der Waals surface area contributed by atoms with E-state index in [9.17, 15) is 9.59 Å². The fraction of sp³-hybridized carbons (Fsp3) is 0.308. The molecule has 2 aliphatic rings. The quantitative estimate of drug-likeness (QED) is 0.589. The van der Waals surface area contributed by atoms with Crippen molar-refractivity contribution in [1.82, 2.24) is 5.32 Å². The number of rotatable bonds is 6. The third-order valence-corrected chi connectivity index (χ3v) is 6.34. The molecule has 8 heteroatoms. The van der Waals surface area contributed by atoms with E-state index in [-0.39, 0.29) is 6.61 Å². The Hall–Kier alpha value is -3.45. The summed E-state index contributed by atoms with van der Waals surface area (Å²) in [4.78, 5) is 26.4. The Kier molecular flexibility index (Phi) is 6.84. The zero-order valence-corrected chi connectivity index (χ0v) is 20.2. The lowest BCUT2D eigenvalue weighted by Gasteiger charge is -2.36. The van der Waals surface area contributed by atoms with Crippen molar-refractivity contribution in [3.63, 3.8) is 0 Å². The van der Waals surface area contributed by atoms with Crippen LogP contribution in [-0.4, -0.2) is 32.8 Å². The van der Waals surface area contributed by atoms with Gasteiger partial charge in [0.25, 0.3) is 0 Å². The maximum Gasteiger partial charge on any atom is 0.337 e. The average Bonchev–Trinajstić information content (AvgIpc) is 2.83. The van der Waals surface area contributed by atoms with Crippen LogP contribution in [-0.2, 0) is 19.1 Å². The number of cyclic esters (lactones) is 1. The van der Waals surface area contributed by atoms with Crippen LogP contribution in [0.2, 0.25) is 5.02 Å². The number of nitrogens with one attached hydrogen (secondary N) is 1. The van der Waals surface area contributed by atoms with Gasteiger partial charge in [0.2, 0.25) is 0 Å². The highest BCUT2D eigenvalue weighted by atomic mass is 35.5. The molecule has 0 saturated heterocycles. The summed E-state index contributed by atoms with van der Waals surface area (Å²) in [5.74, 6) is -0.600. The molecule has 2 aromatic rings. The zero-order valence-electron chi connectivity index (χ0n) is 19.4. The fourth-order valence-electron chi connectivity index (χ4n) is 4.46. The van der Waals surface area contributed by atoms with Gasteiger partial charge in [-0.1, -0.05) is 35.9 Å². The van der Waals surface area contributed by atoms with E-state index in [1.807, 2.05) is 18.2 Å². The number of carbonyl (C=O) groups is 2. The maximum absolute atomic E-state index is 13.4. The molecule has 2 atom stereocenters. The van der Waals surface area contributed by atoms with Crippen LogP contribution in [0, 0.1) is 0 Å². The number of carbonyl (C=O) groups excluding carboxylic acids is 2. The Morgan fingerprint density at radius 2 is 1.88 bits per heavy atom. The summed E-state index contributed by atoms with van der Waals surface area (Å²) in [6, 6.07) is 12.6. The highest BCUT2D eigenvalue weighted by Crippen LogP contribution is 2.46. The third-order valence-electron chi connectivity index (χ3n) is 5.99. The Labute approximate surface area is 203 Å². The molecule has 178 valence electrons. The van der Waals surface area contributed by atoms with Crippen LogP contribution >= 0.6 is 11.6 Å². The minimum atomic E-state index is -0.706. The van der Waals surface area contributed by atoms with E-state index >= 15 is 0 Å². The van der Waals surface area contributed by atoms with Gasteiger partial charge in [-0.3, -0.25) is 0 Å². The minimum absolute atomic E-state index is 0.211. The third kappa shape index (κ3) is 4.23. The summed E-state index contributed by atoms with van der Waals surface area (Å²) in [7, 11) is 3.11. The van der Waals surface area contributed by atoms with E-state index < -0.39 is 24.0 Å². The average molecular weight is 484 g/mol. The highest BCUT2D eigenvalue weighted by Gasteiger charge is 2.43. The van der Waals surface area contributed by atoms with E-state index in [2.05, 4.69) is 5.32 Å². The summed E-state index contributed by atoms with van der Waals surface area (Å²) < 4.78 is 21.9. The van der Waals surface area contributed by atoms with Gasteiger partial charge >= 0.3 is 11.9 Å². The lowest BCUT2D eigenvalue weighted by Crippen LogP contribution is -2.37. The molecule has 0 bridgehead atoms. The lowest BCUT2D eigenvalue weighted by molar-refractivity contribution is -0.146. The maximum atomic E-state index is 13.4. The molecule has 1 N–H and O–H groups in total. The first kappa shape index (κ1) is 23.7. The van der Waals surface area contributed by atoms with Gasteiger partial charge < -0.3 is 24.3 Å². The van der Waals surface area contributed by atoms with Gasteiger partial charge in [-0.2, -0.15) is 0 Å². The van der Waals surface area contributed by atoms with Crippen LogP contribution in [0.4, 0.5) is 0 Å². The van der Waals surface area contributed by atoms with Gasteiger partial charge in [0.1, 0.15) is 6.10 Å². The van der Waals surface area contributed by atoms with Crippen molar-refractivity contribution >= 4 is 23.5 Å². The van der Waals surface area contributed by atoms with Crippen molar-refractivity contribution in [3.05, 3.63) is 81.2 Å². The van der Waals surface area contributed by atoms with Crippen molar-refractivity contribution in [1.29, 1.82) is 0 Å². The second-order valence-corrected chi connectivity index (χ2v) is 8.35.